The van der Waals surface area contributed by atoms with Crippen molar-refractivity contribution in [2.24, 2.45) is 5.92 Å². The number of hydrogen-bond acceptors (Lipinski definition) is 3. The molecule has 1 aromatic heterocycles. The van der Waals surface area contributed by atoms with Crippen LogP contribution in [-0.4, -0.2) is 22.1 Å². The molecule has 0 bridgehead atoms. The van der Waals surface area contributed by atoms with E-state index < -0.39 is 6.36 Å². The molecule has 1 N–H and O–H groups in total. The van der Waals surface area contributed by atoms with Crippen molar-refractivity contribution in [2.75, 3.05) is 5.32 Å². The van der Waals surface area contributed by atoms with E-state index in [-0.39, 0.29) is 23.8 Å². The molecule has 0 radical (unpaired) electrons. The SMILES string of the molecule is Cc1nn(CC(C)C)c(C)c1CC(=O)Nc1cccc(OC(F)(F)F)c1. The zero-order valence-corrected chi connectivity index (χ0v) is 15.1. The number of rotatable bonds is 6. The van der Waals surface area contributed by atoms with E-state index in [9.17, 15) is 18.0 Å². The lowest BCUT2D eigenvalue weighted by Gasteiger charge is -2.11. The van der Waals surface area contributed by atoms with Crippen molar-refractivity contribution < 1.29 is 22.7 Å². The van der Waals surface area contributed by atoms with Gasteiger partial charge in [-0.1, -0.05) is 19.9 Å². The fraction of sp³-hybridized carbons (Fsp3) is 0.444. The molecule has 0 fully saturated rings. The minimum absolute atomic E-state index is 0.0973. The number of aryl methyl sites for hydroxylation is 1. The lowest BCUT2D eigenvalue weighted by Crippen LogP contribution is -2.18. The van der Waals surface area contributed by atoms with Gasteiger partial charge in [-0.3, -0.25) is 9.48 Å². The molecule has 26 heavy (non-hydrogen) atoms. The normalized spacial score (nSPS) is 11.7. The molecule has 0 saturated heterocycles. The molecule has 0 unspecified atom stereocenters. The predicted octanol–water partition coefficient (Wildman–Crippen LogP) is 4.24. The van der Waals surface area contributed by atoms with Gasteiger partial charge in [0.15, 0.2) is 0 Å². The van der Waals surface area contributed by atoms with Crippen LogP contribution in [-0.2, 0) is 17.8 Å². The predicted molar refractivity (Wildman–Crippen MR) is 92.0 cm³/mol. The molecule has 0 aliphatic rings. The molecule has 1 amide bonds. The number of benzene rings is 1. The van der Waals surface area contributed by atoms with Crippen molar-refractivity contribution in [1.82, 2.24) is 9.78 Å². The van der Waals surface area contributed by atoms with Crippen LogP contribution in [0.5, 0.6) is 5.75 Å². The topological polar surface area (TPSA) is 56.2 Å². The first-order chi connectivity index (χ1) is 12.0. The Labute approximate surface area is 150 Å². The molecule has 0 aliphatic heterocycles. The number of carbonyl (C=O) groups is 1. The van der Waals surface area contributed by atoms with Crippen LogP contribution in [0.25, 0.3) is 0 Å². The Bertz CT molecular complexity index is 782. The minimum Gasteiger partial charge on any atom is -0.406 e. The van der Waals surface area contributed by atoms with Gasteiger partial charge in [-0.2, -0.15) is 5.10 Å². The summed E-state index contributed by atoms with van der Waals surface area (Å²) in [5.74, 6) is -0.289. The number of aromatic nitrogens is 2. The number of nitrogens with one attached hydrogen (secondary N) is 1. The Morgan fingerprint density at radius 1 is 1.31 bits per heavy atom. The van der Waals surface area contributed by atoms with Crippen LogP contribution >= 0.6 is 0 Å². The quantitative estimate of drug-likeness (QED) is 0.829. The first-order valence-corrected chi connectivity index (χ1v) is 8.23. The van der Waals surface area contributed by atoms with Gasteiger partial charge in [-0.15, -0.1) is 13.2 Å². The van der Waals surface area contributed by atoms with E-state index in [1.54, 1.807) is 0 Å². The van der Waals surface area contributed by atoms with Crippen molar-refractivity contribution in [3.63, 3.8) is 0 Å². The summed E-state index contributed by atoms with van der Waals surface area (Å²) >= 11 is 0. The van der Waals surface area contributed by atoms with Crippen LogP contribution in [0.15, 0.2) is 24.3 Å². The molecule has 0 aliphatic carbocycles. The highest BCUT2D eigenvalue weighted by atomic mass is 19.4. The van der Waals surface area contributed by atoms with Gasteiger partial charge in [0.2, 0.25) is 5.91 Å². The van der Waals surface area contributed by atoms with E-state index >= 15 is 0 Å². The average molecular weight is 369 g/mol. The van der Waals surface area contributed by atoms with Crippen molar-refractivity contribution >= 4 is 11.6 Å². The van der Waals surface area contributed by atoms with Gasteiger partial charge in [0.25, 0.3) is 0 Å². The van der Waals surface area contributed by atoms with Gasteiger partial charge < -0.3 is 10.1 Å². The molecule has 1 heterocycles. The molecule has 5 nitrogen and oxygen atoms in total. The third kappa shape index (κ3) is 5.50. The van der Waals surface area contributed by atoms with Gasteiger partial charge in [0, 0.05) is 29.6 Å². The van der Waals surface area contributed by atoms with Crippen molar-refractivity contribution in [3.8, 4) is 5.75 Å². The highest BCUT2D eigenvalue weighted by molar-refractivity contribution is 5.92. The summed E-state index contributed by atoms with van der Waals surface area (Å²) in [5.41, 5.74) is 2.75. The summed E-state index contributed by atoms with van der Waals surface area (Å²) in [6.45, 7) is 8.66. The van der Waals surface area contributed by atoms with Crippen molar-refractivity contribution in [1.29, 1.82) is 0 Å². The zero-order valence-electron chi connectivity index (χ0n) is 15.1. The maximum Gasteiger partial charge on any atom is 0.573 e. The molecule has 0 saturated carbocycles. The van der Waals surface area contributed by atoms with E-state index in [0.717, 1.165) is 29.6 Å². The molecule has 0 atom stereocenters. The zero-order chi connectivity index (χ0) is 19.5. The van der Waals surface area contributed by atoms with Gasteiger partial charge in [-0.05, 0) is 31.9 Å². The summed E-state index contributed by atoms with van der Waals surface area (Å²) in [7, 11) is 0. The number of ether oxygens (including phenoxy) is 1. The maximum absolute atomic E-state index is 12.3. The summed E-state index contributed by atoms with van der Waals surface area (Å²) in [4.78, 5) is 12.3. The minimum atomic E-state index is -4.78. The van der Waals surface area contributed by atoms with Gasteiger partial charge >= 0.3 is 6.36 Å². The Balaban J connectivity index is 2.08. The number of halogens is 3. The second-order valence-corrected chi connectivity index (χ2v) is 6.53. The molecule has 2 rings (SSSR count). The van der Waals surface area contributed by atoms with Crippen LogP contribution in [0.4, 0.5) is 18.9 Å². The fourth-order valence-corrected chi connectivity index (χ4v) is 2.65. The summed E-state index contributed by atoms with van der Waals surface area (Å²) in [5, 5.41) is 7.05. The lowest BCUT2D eigenvalue weighted by atomic mass is 10.1. The first-order valence-electron chi connectivity index (χ1n) is 8.23. The largest absolute Gasteiger partial charge is 0.573 e. The second-order valence-electron chi connectivity index (χ2n) is 6.53. The van der Waals surface area contributed by atoms with E-state index in [4.69, 9.17) is 0 Å². The van der Waals surface area contributed by atoms with Gasteiger partial charge in [0.1, 0.15) is 5.75 Å². The molecular formula is C18H22F3N3O2. The standard InChI is InChI=1S/C18H22F3N3O2/c1-11(2)10-24-13(4)16(12(3)23-24)9-17(25)22-14-6-5-7-15(8-14)26-18(19,20)21/h5-8,11H,9-10H2,1-4H3,(H,22,25). The summed E-state index contributed by atoms with van der Waals surface area (Å²) < 4.78 is 42.6. The third-order valence-electron chi connectivity index (χ3n) is 3.76. The monoisotopic (exact) mass is 369 g/mol. The number of hydrogen-bond donors (Lipinski definition) is 1. The molecule has 8 heteroatoms. The summed E-state index contributed by atoms with van der Waals surface area (Å²) in [6.07, 6.45) is -4.68. The van der Waals surface area contributed by atoms with Crippen LogP contribution in [0, 0.1) is 19.8 Å². The van der Waals surface area contributed by atoms with Crippen LogP contribution < -0.4 is 10.1 Å². The number of alkyl halides is 3. The van der Waals surface area contributed by atoms with Crippen molar-refractivity contribution in [2.45, 2.75) is 47.0 Å². The second kappa shape index (κ2) is 7.80. The molecule has 2 aromatic rings. The van der Waals surface area contributed by atoms with E-state index in [0.29, 0.717) is 5.92 Å². The van der Waals surface area contributed by atoms with Crippen molar-refractivity contribution in [3.05, 3.63) is 41.2 Å². The highest BCUT2D eigenvalue weighted by Gasteiger charge is 2.31. The van der Waals surface area contributed by atoms with Gasteiger partial charge in [0.05, 0.1) is 12.1 Å². The third-order valence-corrected chi connectivity index (χ3v) is 3.76. The molecule has 142 valence electrons. The molecule has 1 aromatic carbocycles. The Kier molecular flexibility index (Phi) is 5.94. The lowest BCUT2D eigenvalue weighted by molar-refractivity contribution is -0.274. The first kappa shape index (κ1) is 19.8. The van der Waals surface area contributed by atoms with E-state index in [2.05, 4.69) is 29.0 Å². The molecular weight excluding hydrogens is 347 g/mol. The van der Waals surface area contributed by atoms with E-state index in [1.807, 2.05) is 18.5 Å². The Hall–Kier alpha value is -2.51. The van der Waals surface area contributed by atoms with E-state index in [1.165, 1.54) is 18.2 Å². The number of nitrogens with zero attached hydrogens (tertiary/aromatic N) is 2. The number of anilines is 1. The average Bonchev–Trinajstić information content (AvgIpc) is 2.72. The van der Waals surface area contributed by atoms with Crippen LogP contribution in [0.1, 0.15) is 30.8 Å². The Morgan fingerprint density at radius 3 is 2.62 bits per heavy atom. The fourth-order valence-electron chi connectivity index (χ4n) is 2.65. The number of carbonyl (C=O) groups excluding carboxylic acids is 1. The highest BCUT2D eigenvalue weighted by Crippen LogP contribution is 2.25. The number of amides is 1. The van der Waals surface area contributed by atoms with Crippen LogP contribution in [0.3, 0.4) is 0 Å². The molecule has 0 spiro atoms. The Morgan fingerprint density at radius 2 is 2.00 bits per heavy atom. The maximum atomic E-state index is 12.3. The van der Waals surface area contributed by atoms with Crippen LogP contribution in [0.2, 0.25) is 0 Å². The van der Waals surface area contributed by atoms with Gasteiger partial charge in [-0.25, -0.2) is 0 Å². The summed E-state index contributed by atoms with van der Waals surface area (Å²) in [6, 6.07) is 5.19. The smallest absolute Gasteiger partial charge is 0.406 e.